The van der Waals surface area contributed by atoms with Gasteiger partial charge in [-0.05, 0) is 86.4 Å². The fourth-order valence-electron chi connectivity index (χ4n) is 7.68. The molecule has 4 nitrogen and oxygen atoms in total. The molecule has 4 aliphatic rings. The van der Waals surface area contributed by atoms with Crippen molar-refractivity contribution in [1.29, 1.82) is 0 Å². The van der Waals surface area contributed by atoms with E-state index in [1.165, 1.54) is 19.3 Å². The summed E-state index contributed by atoms with van der Waals surface area (Å²) in [4.78, 5) is 12.6. The number of rotatable bonds is 3. The molecule has 0 aromatic carbocycles. The van der Waals surface area contributed by atoms with E-state index in [2.05, 4.69) is 20.8 Å². The van der Waals surface area contributed by atoms with E-state index in [0.29, 0.717) is 49.0 Å². The van der Waals surface area contributed by atoms with E-state index < -0.39 is 5.60 Å². The van der Waals surface area contributed by atoms with Gasteiger partial charge in [0.05, 0.1) is 12.2 Å². The molecule has 0 spiro atoms. The Balaban J connectivity index is 1.59. The van der Waals surface area contributed by atoms with Crippen LogP contribution in [0.4, 0.5) is 0 Å². The molecule has 0 radical (unpaired) electrons. The molecule has 0 saturated heterocycles. The molecular weight excluding hydrogens is 326 g/mol. The molecule has 2 unspecified atom stereocenters. The highest BCUT2D eigenvalue weighted by Crippen LogP contribution is 2.68. The lowest BCUT2D eigenvalue weighted by Gasteiger charge is -2.61. The van der Waals surface area contributed by atoms with Crippen LogP contribution in [0.25, 0.3) is 0 Å². The molecule has 4 heteroatoms. The van der Waals surface area contributed by atoms with Crippen molar-refractivity contribution in [3.8, 4) is 0 Å². The molecule has 4 fully saturated rings. The number of fused-ring (bicyclic) bond motifs is 5. The SMILES string of the molecule is C[C@]12CC(OCCN)C(=O)CC1CC[C@@H]1[C@@H]2CC[C@@]2(C)[C@H]1CC[C@]2(C)O. The molecule has 3 N–H and O–H groups in total. The monoisotopic (exact) mass is 363 g/mol. The lowest BCUT2D eigenvalue weighted by molar-refractivity contribution is -0.169. The zero-order valence-electron chi connectivity index (χ0n) is 16.8. The highest BCUT2D eigenvalue weighted by Gasteiger charge is 2.63. The summed E-state index contributed by atoms with van der Waals surface area (Å²) in [6.07, 6.45) is 8.14. The Morgan fingerprint density at radius 2 is 1.85 bits per heavy atom. The number of Topliss-reactive ketones (excluding diaryl/α,β-unsaturated/α-hetero) is 1. The maximum atomic E-state index is 12.6. The van der Waals surface area contributed by atoms with Crippen LogP contribution < -0.4 is 5.73 Å². The number of carbonyl (C=O) groups is 1. The molecule has 0 amide bonds. The number of nitrogens with two attached hydrogens (primary N) is 1. The van der Waals surface area contributed by atoms with E-state index in [4.69, 9.17) is 10.5 Å². The summed E-state index contributed by atoms with van der Waals surface area (Å²) in [5.74, 6) is 2.82. The average molecular weight is 364 g/mol. The first-order valence-electron chi connectivity index (χ1n) is 10.8. The highest BCUT2D eigenvalue weighted by molar-refractivity contribution is 5.84. The minimum absolute atomic E-state index is 0.0668. The fourth-order valence-corrected chi connectivity index (χ4v) is 7.68. The second kappa shape index (κ2) is 6.28. The van der Waals surface area contributed by atoms with Gasteiger partial charge in [-0.2, -0.15) is 0 Å². The Hall–Kier alpha value is -0.450. The maximum absolute atomic E-state index is 12.6. The minimum Gasteiger partial charge on any atom is -0.390 e. The summed E-state index contributed by atoms with van der Waals surface area (Å²) >= 11 is 0. The van der Waals surface area contributed by atoms with Crippen LogP contribution in [0.15, 0.2) is 0 Å². The second-order valence-corrected chi connectivity index (χ2v) is 10.4. The van der Waals surface area contributed by atoms with Crippen LogP contribution in [0.1, 0.15) is 72.1 Å². The summed E-state index contributed by atoms with van der Waals surface area (Å²) < 4.78 is 5.86. The van der Waals surface area contributed by atoms with Gasteiger partial charge < -0.3 is 15.6 Å². The number of ketones is 1. The van der Waals surface area contributed by atoms with Crippen molar-refractivity contribution in [3.05, 3.63) is 0 Å². The van der Waals surface area contributed by atoms with E-state index in [-0.39, 0.29) is 16.9 Å². The van der Waals surface area contributed by atoms with Crippen LogP contribution in [0.5, 0.6) is 0 Å². The molecule has 4 aliphatic carbocycles. The van der Waals surface area contributed by atoms with Crippen LogP contribution in [0, 0.1) is 34.5 Å². The van der Waals surface area contributed by atoms with Crippen molar-refractivity contribution < 1.29 is 14.6 Å². The Morgan fingerprint density at radius 3 is 2.58 bits per heavy atom. The average Bonchev–Trinajstić information content (AvgIpc) is 2.83. The third-order valence-electron chi connectivity index (χ3n) is 9.50. The van der Waals surface area contributed by atoms with Crippen molar-refractivity contribution in [3.63, 3.8) is 0 Å². The predicted molar refractivity (Wildman–Crippen MR) is 102 cm³/mol. The van der Waals surface area contributed by atoms with Crippen LogP contribution in [0.3, 0.4) is 0 Å². The van der Waals surface area contributed by atoms with Crippen LogP contribution >= 0.6 is 0 Å². The largest absolute Gasteiger partial charge is 0.390 e. The summed E-state index contributed by atoms with van der Waals surface area (Å²) in [5.41, 5.74) is 5.35. The van der Waals surface area contributed by atoms with Gasteiger partial charge in [-0.15, -0.1) is 0 Å². The molecular formula is C22H37NO3. The van der Waals surface area contributed by atoms with E-state index in [1.54, 1.807) is 0 Å². The standard InChI is InChI=1S/C22H37NO3/c1-20-13-19(26-11-10-23)18(24)12-14(20)4-5-15-16(20)6-8-21(2)17(15)7-9-22(21,3)25/h14-17,19,25H,4-13,23H2,1-3H3/t14?,15-,16+,17+,19?,20+,21+,22+/m1/s1. The normalized spacial score (nSPS) is 53.7. The van der Waals surface area contributed by atoms with Crippen molar-refractivity contribution in [2.75, 3.05) is 13.2 Å². The van der Waals surface area contributed by atoms with Crippen molar-refractivity contribution in [2.24, 2.45) is 40.2 Å². The van der Waals surface area contributed by atoms with E-state index in [0.717, 1.165) is 25.7 Å². The van der Waals surface area contributed by atoms with E-state index in [9.17, 15) is 9.90 Å². The quantitative estimate of drug-likeness (QED) is 0.807. The van der Waals surface area contributed by atoms with Gasteiger partial charge in [0.25, 0.3) is 0 Å². The third-order valence-corrected chi connectivity index (χ3v) is 9.50. The summed E-state index contributed by atoms with van der Waals surface area (Å²) in [5, 5.41) is 11.0. The van der Waals surface area contributed by atoms with Crippen LogP contribution in [-0.4, -0.2) is 35.7 Å². The van der Waals surface area contributed by atoms with Gasteiger partial charge in [0.1, 0.15) is 6.10 Å². The van der Waals surface area contributed by atoms with E-state index >= 15 is 0 Å². The summed E-state index contributed by atoms with van der Waals surface area (Å²) in [6.45, 7) is 7.80. The first-order chi connectivity index (χ1) is 12.2. The lowest BCUT2D eigenvalue weighted by atomic mass is 9.44. The van der Waals surface area contributed by atoms with Gasteiger partial charge in [-0.3, -0.25) is 4.79 Å². The van der Waals surface area contributed by atoms with Crippen molar-refractivity contribution in [2.45, 2.75) is 83.8 Å². The highest BCUT2D eigenvalue weighted by atomic mass is 16.5. The van der Waals surface area contributed by atoms with Crippen molar-refractivity contribution >= 4 is 5.78 Å². The Morgan fingerprint density at radius 1 is 1.12 bits per heavy atom. The number of aliphatic hydroxyl groups is 1. The summed E-state index contributed by atoms with van der Waals surface area (Å²) in [6, 6.07) is 0. The first kappa shape index (κ1) is 18.9. The zero-order chi connectivity index (χ0) is 18.7. The molecule has 4 rings (SSSR count). The molecule has 8 atom stereocenters. The molecule has 0 aliphatic heterocycles. The topological polar surface area (TPSA) is 72.5 Å². The molecule has 0 bridgehead atoms. The zero-order valence-corrected chi connectivity index (χ0v) is 16.8. The molecule has 0 aromatic rings. The number of ether oxygens (including phenoxy) is 1. The lowest BCUT2D eigenvalue weighted by Crippen LogP contribution is -2.57. The predicted octanol–water partition coefficient (Wildman–Crippen LogP) is 3.30. The molecule has 0 aromatic heterocycles. The third kappa shape index (κ3) is 2.55. The minimum atomic E-state index is -0.518. The Bertz CT molecular complexity index is 576. The van der Waals surface area contributed by atoms with Gasteiger partial charge >= 0.3 is 0 Å². The van der Waals surface area contributed by atoms with E-state index in [1.807, 2.05) is 0 Å². The van der Waals surface area contributed by atoms with Gasteiger partial charge in [-0.25, -0.2) is 0 Å². The Kier molecular flexibility index (Phi) is 4.57. The number of hydrogen-bond acceptors (Lipinski definition) is 4. The van der Waals surface area contributed by atoms with Crippen molar-refractivity contribution in [1.82, 2.24) is 0 Å². The number of carbonyl (C=O) groups excluding carboxylic acids is 1. The molecule has 148 valence electrons. The molecule has 4 saturated carbocycles. The van der Waals surface area contributed by atoms with Gasteiger partial charge in [0.2, 0.25) is 0 Å². The first-order valence-corrected chi connectivity index (χ1v) is 10.8. The van der Waals surface area contributed by atoms with Gasteiger partial charge in [-0.1, -0.05) is 13.8 Å². The summed E-state index contributed by atoms with van der Waals surface area (Å²) in [7, 11) is 0. The smallest absolute Gasteiger partial charge is 0.161 e. The van der Waals surface area contributed by atoms with Crippen LogP contribution in [-0.2, 0) is 9.53 Å². The molecule has 26 heavy (non-hydrogen) atoms. The Labute approximate surface area is 158 Å². The number of hydrogen-bond donors (Lipinski definition) is 2. The molecule has 0 heterocycles. The van der Waals surface area contributed by atoms with Gasteiger partial charge in [0, 0.05) is 13.0 Å². The van der Waals surface area contributed by atoms with Crippen LogP contribution in [0.2, 0.25) is 0 Å². The maximum Gasteiger partial charge on any atom is 0.161 e. The van der Waals surface area contributed by atoms with Gasteiger partial charge in [0.15, 0.2) is 5.78 Å². The second-order valence-electron chi connectivity index (χ2n) is 10.4. The fraction of sp³-hybridized carbons (Fsp3) is 0.955.